The number of nitrogens with zero attached hydrogens (tertiary/aromatic N) is 1. The van der Waals surface area contributed by atoms with E-state index in [-0.39, 0.29) is 17.9 Å². The second kappa shape index (κ2) is 6.62. The van der Waals surface area contributed by atoms with Crippen molar-refractivity contribution in [3.05, 3.63) is 33.8 Å². The van der Waals surface area contributed by atoms with Gasteiger partial charge in [0.15, 0.2) is 0 Å². The normalized spacial score (nSPS) is 31.7. The number of carbonyl (C=O) groups excluding carboxylic acids is 1. The molecule has 1 heterocycles. The van der Waals surface area contributed by atoms with E-state index in [0.29, 0.717) is 16.5 Å². The van der Waals surface area contributed by atoms with E-state index in [1.807, 2.05) is 24.0 Å². The zero-order valence-corrected chi connectivity index (χ0v) is 14.9. The average molecular weight is 356 g/mol. The van der Waals surface area contributed by atoms with E-state index >= 15 is 0 Å². The molecule has 1 aliphatic heterocycles. The monoisotopic (exact) mass is 355 g/mol. The SMILES string of the molecule is C[C@]1(O)CC[C@@H](N2CCC(Cc3ccc(Cl)cc3Cl)C2=O)CC1. The first-order valence-corrected chi connectivity index (χ1v) is 9.08. The van der Waals surface area contributed by atoms with Gasteiger partial charge in [-0.2, -0.15) is 0 Å². The number of benzene rings is 1. The quantitative estimate of drug-likeness (QED) is 0.887. The summed E-state index contributed by atoms with van der Waals surface area (Å²) < 4.78 is 0. The first-order chi connectivity index (χ1) is 10.9. The molecule has 1 saturated heterocycles. The first-order valence-electron chi connectivity index (χ1n) is 8.32. The molecule has 1 aromatic rings. The minimum atomic E-state index is -0.560. The first kappa shape index (κ1) is 17.1. The van der Waals surface area contributed by atoms with E-state index in [1.165, 1.54) is 0 Å². The van der Waals surface area contributed by atoms with Crippen molar-refractivity contribution in [2.24, 2.45) is 5.92 Å². The molecule has 1 atom stereocenters. The highest BCUT2D eigenvalue weighted by atomic mass is 35.5. The number of amides is 1. The van der Waals surface area contributed by atoms with E-state index in [2.05, 4.69) is 0 Å². The van der Waals surface area contributed by atoms with Crippen LogP contribution in [0.4, 0.5) is 0 Å². The fourth-order valence-electron chi connectivity index (χ4n) is 3.80. The number of aliphatic hydroxyl groups is 1. The lowest BCUT2D eigenvalue weighted by Gasteiger charge is -2.37. The number of hydrogen-bond acceptors (Lipinski definition) is 2. The maximum absolute atomic E-state index is 12.7. The van der Waals surface area contributed by atoms with E-state index < -0.39 is 5.60 Å². The molecule has 3 nitrogen and oxygen atoms in total. The molecule has 2 aliphatic rings. The third-order valence-corrected chi connectivity index (χ3v) is 5.89. The summed E-state index contributed by atoms with van der Waals surface area (Å²) in [6.45, 7) is 2.71. The smallest absolute Gasteiger partial charge is 0.226 e. The molecule has 1 saturated carbocycles. The summed E-state index contributed by atoms with van der Waals surface area (Å²) in [7, 11) is 0. The highest BCUT2D eigenvalue weighted by molar-refractivity contribution is 6.35. The zero-order chi connectivity index (χ0) is 16.6. The molecular formula is C18H23Cl2NO2. The Labute approximate surface area is 147 Å². The predicted octanol–water partition coefficient (Wildman–Crippen LogP) is 4.08. The van der Waals surface area contributed by atoms with Gasteiger partial charge in [-0.3, -0.25) is 4.79 Å². The molecular weight excluding hydrogens is 333 g/mol. The van der Waals surface area contributed by atoms with E-state index in [4.69, 9.17) is 23.2 Å². The topological polar surface area (TPSA) is 40.5 Å². The van der Waals surface area contributed by atoms with Crippen LogP contribution >= 0.6 is 23.2 Å². The van der Waals surface area contributed by atoms with Gasteiger partial charge < -0.3 is 10.0 Å². The van der Waals surface area contributed by atoms with Crippen LogP contribution < -0.4 is 0 Å². The van der Waals surface area contributed by atoms with Gasteiger partial charge in [0.05, 0.1) is 5.60 Å². The molecule has 23 heavy (non-hydrogen) atoms. The Balaban J connectivity index is 1.63. The third kappa shape index (κ3) is 3.84. The van der Waals surface area contributed by atoms with E-state index in [0.717, 1.165) is 44.2 Å². The lowest BCUT2D eigenvalue weighted by atomic mass is 9.83. The Kier molecular flexibility index (Phi) is 4.91. The number of hydrogen-bond donors (Lipinski definition) is 1. The van der Waals surface area contributed by atoms with Gasteiger partial charge in [0.25, 0.3) is 0 Å². The molecule has 0 bridgehead atoms. The van der Waals surface area contributed by atoms with Gasteiger partial charge in [-0.1, -0.05) is 29.3 Å². The number of likely N-dealkylation sites (tertiary alicyclic amines) is 1. The van der Waals surface area contributed by atoms with Crippen molar-refractivity contribution in [1.29, 1.82) is 0 Å². The molecule has 2 fully saturated rings. The van der Waals surface area contributed by atoms with Crippen molar-refractivity contribution in [2.75, 3.05) is 6.54 Å². The van der Waals surface area contributed by atoms with Gasteiger partial charge in [0.1, 0.15) is 0 Å². The Morgan fingerprint density at radius 2 is 1.96 bits per heavy atom. The fraction of sp³-hybridized carbons (Fsp3) is 0.611. The zero-order valence-electron chi connectivity index (χ0n) is 13.4. The number of rotatable bonds is 3. The largest absolute Gasteiger partial charge is 0.390 e. The number of halogens is 2. The molecule has 1 N–H and O–H groups in total. The van der Waals surface area contributed by atoms with Crippen LogP contribution in [0.25, 0.3) is 0 Å². The maximum atomic E-state index is 12.7. The van der Waals surface area contributed by atoms with Gasteiger partial charge in [-0.25, -0.2) is 0 Å². The van der Waals surface area contributed by atoms with Crippen molar-refractivity contribution >= 4 is 29.1 Å². The summed E-state index contributed by atoms with van der Waals surface area (Å²) in [5, 5.41) is 11.3. The van der Waals surface area contributed by atoms with Crippen LogP contribution in [0.5, 0.6) is 0 Å². The maximum Gasteiger partial charge on any atom is 0.226 e. The van der Waals surface area contributed by atoms with Crippen LogP contribution in [-0.2, 0) is 11.2 Å². The van der Waals surface area contributed by atoms with Gasteiger partial charge >= 0.3 is 0 Å². The molecule has 0 spiro atoms. The molecule has 5 heteroatoms. The third-order valence-electron chi connectivity index (χ3n) is 5.31. The Bertz CT molecular complexity index is 593. The Hall–Kier alpha value is -0.770. The van der Waals surface area contributed by atoms with Crippen molar-refractivity contribution in [2.45, 2.75) is 57.1 Å². The molecule has 1 aromatic carbocycles. The summed E-state index contributed by atoms with van der Waals surface area (Å²) in [6.07, 6.45) is 4.89. The van der Waals surface area contributed by atoms with Crippen molar-refractivity contribution in [1.82, 2.24) is 4.90 Å². The van der Waals surface area contributed by atoms with Gasteiger partial charge in [-0.05, 0) is 63.1 Å². The van der Waals surface area contributed by atoms with Crippen LogP contribution in [-0.4, -0.2) is 34.1 Å². The van der Waals surface area contributed by atoms with Gasteiger partial charge in [-0.15, -0.1) is 0 Å². The molecule has 0 radical (unpaired) electrons. The lowest BCUT2D eigenvalue weighted by molar-refractivity contribution is -0.134. The molecule has 1 aliphatic carbocycles. The summed E-state index contributed by atoms with van der Waals surface area (Å²) >= 11 is 12.2. The predicted molar refractivity (Wildman–Crippen MR) is 92.9 cm³/mol. The summed E-state index contributed by atoms with van der Waals surface area (Å²) in [5.74, 6) is 0.249. The molecule has 126 valence electrons. The Morgan fingerprint density at radius 3 is 2.61 bits per heavy atom. The number of carbonyl (C=O) groups is 1. The standard InChI is InChI=1S/C18H23Cl2NO2/c1-18(23)7-4-15(5-8-18)21-9-6-13(17(21)22)10-12-2-3-14(19)11-16(12)20/h2-3,11,13,15,23H,4-10H2,1H3/t13?,15-,18+. The van der Waals surface area contributed by atoms with Crippen LogP contribution in [0.15, 0.2) is 18.2 Å². The molecule has 1 unspecified atom stereocenters. The second-order valence-electron chi connectivity index (χ2n) is 7.19. The van der Waals surface area contributed by atoms with Crippen molar-refractivity contribution < 1.29 is 9.90 Å². The van der Waals surface area contributed by atoms with Crippen LogP contribution in [0, 0.1) is 5.92 Å². The summed E-state index contributed by atoms with van der Waals surface area (Å²) in [4.78, 5) is 14.8. The minimum Gasteiger partial charge on any atom is -0.390 e. The van der Waals surface area contributed by atoms with Crippen molar-refractivity contribution in [3.8, 4) is 0 Å². The highest BCUT2D eigenvalue weighted by Gasteiger charge is 2.39. The van der Waals surface area contributed by atoms with E-state index in [9.17, 15) is 9.90 Å². The minimum absolute atomic E-state index is 0.0103. The van der Waals surface area contributed by atoms with Gasteiger partial charge in [0, 0.05) is 28.5 Å². The highest BCUT2D eigenvalue weighted by Crippen LogP contribution is 2.35. The van der Waals surface area contributed by atoms with Crippen LogP contribution in [0.2, 0.25) is 10.0 Å². The van der Waals surface area contributed by atoms with E-state index in [1.54, 1.807) is 6.07 Å². The Morgan fingerprint density at radius 1 is 1.26 bits per heavy atom. The summed E-state index contributed by atoms with van der Waals surface area (Å²) in [5.41, 5.74) is 0.429. The molecule has 0 aromatic heterocycles. The lowest BCUT2D eigenvalue weighted by Crippen LogP contribution is -2.43. The second-order valence-corrected chi connectivity index (χ2v) is 8.03. The molecule has 3 rings (SSSR count). The van der Waals surface area contributed by atoms with Crippen LogP contribution in [0.1, 0.15) is 44.6 Å². The summed E-state index contributed by atoms with van der Waals surface area (Å²) in [6, 6.07) is 5.76. The van der Waals surface area contributed by atoms with Crippen LogP contribution in [0.3, 0.4) is 0 Å². The fourth-order valence-corrected chi connectivity index (χ4v) is 4.29. The van der Waals surface area contributed by atoms with Gasteiger partial charge in [0.2, 0.25) is 5.91 Å². The average Bonchev–Trinajstić information content (AvgIpc) is 2.83. The van der Waals surface area contributed by atoms with Crippen molar-refractivity contribution in [3.63, 3.8) is 0 Å². The molecule has 1 amide bonds.